The molecule has 0 spiro atoms. The average Bonchev–Trinajstić information content (AvgIpc) is 2.93. The van der Waals surface area contributed by atoms with Crippen LogP contribution >= 0.6 is 0 Å². The van der Waals surface area contributed by atoms with E-state index in [0.29, 0.717) is 6.42 Å². The molecule has 2 aromatic rings. The maximum absolute atomic E-state index is 11.4. The van der Waals surface area contributed by atoms with Crippen LogP contribution in [-0.4, -0.2) is 16.1 Å². The first-order valence-corrected chi connectivity index (χ1v) is 6.34. The smallest absolute Gasteiger partial charge is 0.224 e. The number of H-pyrrole nitrogens is 1. The highest BCUT2D eigenvalue weighted by molar-refractivity contribution is 5.90. The summed E-state index contributed by atoms with van der Waals surface area (Å²) in [5, 5.41) is 13.1. The van der Waals surface area contributed by atoms with Crippen LogP contribution in [0.25, 0.3) is 0 Å². The van der Waals surface area contributed by atoms with Crippen LogP contribution in [0.2, 0.25) is 0 Å². The molecule has 0 aliphatic heterocycles. The summed E-state index contributed by atoms with van der Waals surface area (Å²) in [5.74, 6) is 0.0127. The van der Waals surface area contributed by atoms with Gasteiger partial charge in [-0.25, -0.2) is 0 Å². The first-order chi connectivity index (χ1) is 9.19. The summed E-state index contributed by atoms with van der Waals surface area (Å²) in [7, 11) is 0. The number of carbonyl (C=O) groups excluding carboxylic acids is 1. The molecule has 1 atom stereocenters. The number of nitrogens with zero attached hydrogens (tertiary/aromatic N) is 1. The number of anilines is 2. The summed E-state index contributed by atoms with van der Waals surface area (Å²) >= 11 is 0. The van der Waals surface area contributed by atoms with Crippen LogP contribution in [0.5, 0.6) is 0 Å². The molecule has 3 N–H and O–H groups in total. The Morgan fingerprint density at radius 2 is 2.16 bits per heavy atom. The van der Waals surface area contributed by atoms with Crippen molar-refractivity contribution < 1.29 is 4.79 Å². The number of aromatic nitrogens is 2. The van der Waals surface area contributed by atoms with E-state index in [9.17, 15) is 4.79 Å². The summed E-state index contributed by atoms with van der Waals surface area (Å²) in [6.07, 6.45) is 2.20. The van der Waals surface area contributed by atoms with Gasteiger partial charge in [0.2, 0.25) is 5.91 Å². The molecule has 1 amide bonds. The lowest BCUT2D eigenvalue weighted by molar-refractivity contribution is -0.115. The topological polar surface area (TPSA) is 69.8 Å². The molecular formula is C14H18N4O. The number of hydrogen-bond acceptors (Lipinski definition) is 3. The summed E-state index contributed by atoms with van der Waals surface area (Å²) in [5.41, 5.74) is 2.77. The average molecular weight is 258 g/mol. The van der Waals surface area contributed by atoms with Crippen molar-refractivity contribution >= 4 is 17.3 Å². The van der Waals surface area contributed by atoms with Crippen molar-refractivity contribution in [2.24, 2.45) is 0 Å². The fourth-order valence-electron chi connectivity index (χ4n) is 1.77. The molecule has 2 rings (SSSR count). The number of amides is 1. The predicted molar refractivity (Wildman–Crippen MR) is 76.0 cm³/mol. The summed E-state index contributed by atoms with van der Waals surface area (Å²) in [6.45, 7) is 3.88. The number of hydrogen-bond donors (Lipinski definition) is 3. The molecule has 0 aliphatic carbocycles. The van der Waals surface area contributed by atoms with E-state index in [0.717, 1.165) is 17.1 Å². The van der Waals surface area contributed by atoms with Gasteiger partial charge < -0.3 is 10.6 Å². The molecule has 0 bridgehead atoms. The minimum atomic E-state index is 0.0127. The highest BCUT2D eigenvalue weighted by Crippen LogP contribution is 2.20. The molecule has 1 heterocycles. The van der Waals surface area contributed by atoms with Crippen molar-refractivity contribution in [3.8, 4) is 0 Å². The molecule has 0 fully saturated rings. The Hall–Kier alpha value is -2.30. The normalized spacial score (nSPS) is 11.9. The second-order valence-electron chi connectivity index (χ2n) is 4.36. The third kappa shape index (κ3) is 3.58. The van der Waals surface area contributed by atoms with Crippen LogP contribution in [0, 0.1) is 0 Å². The zero-order valence-corrected chi connectivity index (χ0v) is 11.1. The molecule has 19 heavy (non-hydrogen) atoms. The van der Waals surface area contributed by atoms with E-state index in [1.165, 1.54) is 0 Å². The van der Waals surface area contributed by atoms with Gasteiger partial charge in [0.05, 0.1) is 11.7 Å². The SMILES string of the molecule is CCC(=O)Nc1cccc(NC(C)c2ccn[nH]2)c1. The van der Waals surface area contributed by atoms with E-state index in [-0.39, 0.29) is 11.9 Å². The molecule has 1 aromatic heterocycles. The van der Waals surface area contributed by atoms with E-state index in [1.807, 2.05) is 44.2 Å². The minimum Gasteiger partial charge on any atom is -0.377 e. The van der Waals surface area contributed by atoms with Crippen LogP contribution in [-0.2, 0) is 4.79 Å². The molecule has 0 saturated carbocycles. The van der Waals surface area contributed by atoms with Crippen molar-refractivity contribution in [3.63, 3.8) is 0 Å². The van der Waals surface area contributed by atoms with E-state index < -0.39 is 0 Å². The van der Waals surface area contributed by atoms with Crippen molar-refractivity contribution in [1.29, 1.82) is 0 Å². The third-order valence-electron chi connectivity index (χ3n) is 2.84. The van der Waals surface area contributed by atoms with Gasteiger partial charge in [0.15, 0.2) is 0 Å². The fourth-order valence-corrected chi connectivity index (χ4v) is 1.77. The van der Waals surface area contributed by atoms with Crippen LogP contribution in [0.4, 0.5) is 11.4 Å². The molecule has 1 aromatic carbocycles. The number of nitrogens with one attached hydrogen (secondary N) is 3. The quantitative estimate of drug-likeness (QED) is 0.772. The molecule has 5 heteroatoms. The van der Waals surface area contributed by atoms with Gasteiger partial charge in [-0.05, 0) is 31.2 Å². The van der Waals surface area contributed by atoms with Gasteiger partial charge in [-0.2, -0.15) is 5.10 Å². The van der Waals surface area contributed by atoms with Crippen LogP contribution in [0.1, 0.15) is 32.0 Å². The Balaban J connectivity index is 2.04. The van der Waals surface area contributed by atoms with Crippen molar-refractivity contribution in [2.45, 2.75) is 26.3 Å². The van der Waals surface area contributed by atoms with E-state index in [4.69, 9.17) is 0 Å². The van der Waals surface area contributed by atoms with Crippen LogP contribution < -0.4 is 10.6 Å². The lowest BCUT2D eigenvalue weighted by atomic mass is 10.2. The highest BCUT2D eigenvalue weighted by Gasteiger charge is 2.07. The van der Waals surface area contributed by atoms with Gasteiger partial charge in [-0.1, -0.05) is 13.0 Å². The summed E-state index contributed by atoms with van der Waals surface area (Å²) in [4.78, 5) is 11.4. The van der Waals surface area contributed by atoms with Crippen LogP contribution in [0.3, 0.4) is 0 Å². The van der Waals surface area contributed by atoms with E-state index >= 15 is 0 Å². The van der Waals surface area contributed by atoms with E-state index in [2.05, 4.69) is 20.8 Å². The first kappa shape index (κ1) is 13.1. The zero-order chi connectivity index (χ0) is 13.7. The summed E-state index contributed by atoms with van der Waals surface area (Å²) < 4.78 is 0. The Morgan fingerprint density at radius 1 is 1.37 bits per heavy atom. The standard InChI is InChI=1S/C14H18N4O/c1-3-14(19)17-12-6-4-5-11(9-12)16-10(2)13-7-8-15-18-13/h4-10,16H,3H2,1-2H3,(H,15,18)(H,17,19). The minimum absolute atomic E-state index is 0.0127. The number of rotatable bonds is 5. The number of carbonyl (C=O) groups is 1. The van der Waals surface area contributed by atoms with Gasteiger partial charge in [0, 0.05) is 24.0 Å². The largest absolute Gasteiger partial charge is 0.377 e. The molecule has 0 saturated heterocycles. The van der Waals surface area contributed by atoms with Gasteiger partial charge in [-0.15, -0.1) is 0 Å². The van der Waals surface area contributed by atoms with Crippen molar-refractivity contribution in [3.05, 3.63) is 42.2 Å². The molecule has 0 radical (unpaired) electrons. The number of benzene rings is 1. The third-order valence-corrected chi connectivity index (χ3v) is 2.84. The Labute approximate surface area is 112 Å². The van der Waals surface area contributed by atoms with Gasteiger partial charge in [0.25, 0.3) is 0 Å². The molecule has 5 nitrogen and oxygen atoms in total. The predicted octanol–water partition coefficient (Wildman–Crippen LogP) is 2.93. The van der Waals surface area contributed by atoms with Crippen molar-refractivity contribution in [2.75, 3.05) is 10.6 Å². The molecular weight excluding hydrogens is 240 g/mol. The fraction of sp³-hybridized carbons (Fsp3) is 0.286. The van der Waals surface area contributed by atoms with Gasteiger partial charge >= 0.3 is 0 Å². The monoisotopic (exact) mass is 258 g/mol. The lowest BCUT2D eigenvalue weighted by Crippen LogP contribution is -2.10. The van der Waals surface area contributed by atoms with Crippen molar-refractivity contribution in [1.82, 2.24) is 10.2 Å². The number of aromatic amines is 1. The van der Waals surface area contributed by atoms with Gasteiger partial charge in [-0.3, -0.25) is 9.89 Å². The van der Waals surface area contributed by atoms with Gasteiger partial charge in [0.1, 0.15) is 0 Å². The summed E-state index contributed by atoms with van der Waals surface area (Å²) in [6, 6.07) is 9.72. The lowest BCUT2D eigenvalue weighted by Gasteiger charge is -2.14. The van der Waals surface area contributed by atoms with E-state index in [1.54, 1.807) is 6.20 Å². The molecule has 0 aliphatic rings. The second kappa shape index (κ2) is 6.04. The second-order valence-corrected chi connectivity index (χ2v) is 4.36. The molecule has 100 valence electrons. The Bertz CT molecular complexity index is 536. The Kier molecular flexibility index (Phi) is 4.18. The maximum Gasteiger partial charge on any atom is 0.224 e. The first-order valence-electron chi connectivity index (χ1n) is 6.34. The van der Waals surface area contributed by atoms with Crippen LogP contribution in [0.15, 0.2) is 36.5 Å². The highest BCUT2D eigenvalue weighted by atomic mass is 16.1. The Morgan fingerprint density at radius 3 is 2.84 bits per heavy atom. The zero-order valence-electron chi connectivity index (χ0n) is 11.1. The maximum atomic E-state index is 11.4. The molecule has 1 unspecified atom stereocenters.